The van der Waals surface area contributed by atoms with Gasteiger partial charge < -0.3 is 9.90 Å². The zero-order chi connectivity index (χ0) is 10.3. The molecule has 0 atom stereocenters. The number of aliphatic hydroxyl groups is 1. The molecule has 0 fully saturated rings. The van der Waals surface area contributed by atoms with Crippen molar-refractivity contribution < 1.29 is 9.90 Å². The van der Waals surface area contributed by atoms with Gasteiger partial charge in [0.15, 0.2) is 0 Å². The highest BCUT2D eigenvalue weighted by molar-refractivity contribution is 5.49. The highest BCUT2D eigenvalue weighted by Crippen LogP contribution is 2.12. The van der Waals surface area contributed by atoms with E-state index in [1.54, 1.807) is 0 Å². The lowest BCUT2D eigenvalue weighted by atomic mass is 10.0. The molecule has 13 heavy (non-hydrogen) atoms. The topological polar surface area (TPSA) is 37.3 Å². The van der Waals surface area contributed by atoms with E-state index in [1.807, 2.05) is 20.8 Å². The molecule has 0 aromatic carbocycles. The number of hydrogen-bond acceptors (Lipinski definition) is 2. The van der Waals surface area contributed by atoms with Crippen LogP contribution in [0.25, 0.3) is 0 Å². The van der Waals surface area contributed by atoms with Crippen LogP contribution in [0, 0.1) is 0 Å². The van der Waals surface area contributed by atoms with Gasteiger partial charge in [0, 0.05) is 6.42 Å². The van der Waals surface area contributed by atoms with E-state index >= 15 is 0 Å². The van der Waals surface area contributed by atoms with Crippen molar-refractivity contribution in [2.24, 2.45) is 0 Å². The molecule has 2 nitrogen and oxygen atoms in total. The molecule has 0 spiro atoms. The van der Waals surface area contributed by atoms with E-state index in [9.17, 15) is 9.90 Å². The second kappa shape index (κ2) is 5.92. The minimum absolute atomic E-state index is 0.582. The second-order valence-electron chi connectivity index (χ2n) is 4.11. The summed E-state index contributed by atoms with van der Waals surface area (Å²) in [4.78, 5) is 10.1. The number of carbonyl (C=O) groups excluding carboxylic acids is 1. The molecular weight excluding hydrogens is 164 g/mol. The van der Waals surface area contributed by atoms with Crippen molar-refractivity contribution >= 4 is 6.29 Å². The minimum atomic E-state index is -0.582. The van der Waals surface area contributed by atoms with Crippen LogP contribution < -0.4 is 0 Å². The highest BCUT2D eigenvalue weighted by atomic mass is 16.3. The number of rotatable bonds is 6. The summed E-state index contributed by atoms with van der Waals surface area (Å²) in [6.07, 6.45) is 6.13. The van der Waals surface area contributed by atoms with Crippen molar-refractivity contribution in [3.63, 3.8) is 0 Å². The second-order valence-corrected chi connectivity index (χ2v) is 4.11. The first-order valence-electron chi connectivity index (χ1n) is 4.77. The van der Waals surface area contributed by atoms with Crippen LogP contribution in [-0.2, 0) is 4.79 Å². The van der Waals surface area contributed by atoms with Crippen LogP contribution in [0.3, 0.4) is 0 Å². The van der Waals surface area contributed by atoms with Gasteiger partial charge in [0.05, 0.1) is 5.60 Å². The Morgan fingerprint density at radius 2 is 2.00 bits per heavy atom. The van der Waals surface area contributed by atoms with Crippen LogP contribution in [0.1, 0.15) is 46.5 Å². The quantitative estimate of drug-likeness (QED) is 0.508. The summed E-state index contributed by atoms with van der Waals surface area (Å²) in [7, 11) is 0. The van der Waals surface area contributed by atoms with Crippen LogP contribution >= 0.6 is 0 Å². The van der Waals surface area contributed by atoms with Gasteiger partial charge in [-0.1, -0.05) is 11.6 Å². The van der Waals surface area contributed by atoms with E-state index in [1.165, 1.54) is 5.57 Å². The molecule has 0 aromatic heterocycles. The maximum absolute atomic E-state index is 10.1. The van der Waals surface area contributed by atoms with Gasteiger partial charge >= 0.3 is 0 Å². The number of allylic oxidation sites excluding steroid dienone is 2. The van der Waals surface area contributed by atoms with E-state index in [2.05, 4.69) is 6.08 Å². The third kappa shape index (κ3) is 9.28. The Kier molecular flexibility index (Phi) is 5.63. The number of aldehydes is 1. The number of hydrogen-bond donors (Lipinski definition) is 1. The monoisotopic (exact) mass is 184 g/mol. The molecule has 0 aliphatic heterocycles. The molecule has 0 amide bonds. The molecule has 0 bridgehead atoms. The summed E-state index contributed by atoms with van der Waals surface area (Å²) in [5, 5.41) is 9.42. The van der Waals surface area contributed by atoms with E-state index in [-0.39, 0.29) is 0 Å². The summed E-state index contributed by atoms with van der Waals surface area (Å²) < 4.78 is 0. The van der Waals surface area contributed by atoms with E-state index < -0.39 is 5.60 Å². The molecule has 0 rings (SSSR count). The van der Waals surface area contributed by atoms with Gasteiger partial charge in [-0.3, -0.25) is 0 Å². The van der Waals surface area contributed by atoms with Crippen molar-refractivity contribution in [2.75, 3.05) is 0 Å². The average molecular weight is 184 g/mol. The third-order valence-corrected chi connectivity index (χ3v) is 1.91. The van der Waals surface area contributed by atoms with Crippen LogP contribution in [0.2, 0.25) is 0 Å². The van der Waals surface area contributed by atoms with Gasteiger partial charge in [-0.2, -0.15) is 0 Å². The lowest BCUT2D eigenvalue weighted by molar-refractivity contribution is -0.107. The van der Waals surface area contributed by atoms with Crippen molar-refractivity contribution in [1.29, 1.82) is 0 Å². The Balaban J connectivity index is 3.64. The Morgan fingerprint density at radius 3 is 2.46 bits per heavy atom. The lowest BCUT2D eigenvalue weighted by Crippen LogP contribution is -2.17. The molecule has 0 aliphatic rings. The minimum Gasteiger partial charge on any atom is -0.390 e. The molecule has 0 saturated heterocycles. The fraction of sp³-hybridized carbons (Fsp3) is 0.727. The molecular formula is C11H20O2. The first-order valence-corrected chi connectivity index (χ1v) is 4.77. The summed E-state index contributed by atoms with van der Waals surface area (Å²) in [6, 6.07) is 0. The smallest absolute Gasteiger partial charge is 0.120 e. The van der Waals surface area contributed by atoms with Crippen molar-refractivity contribution in [1.82, 2.24) is 0 Å². The van der Waals surface area contributed by atoms with Crippen molar-refractivity contribution in [3.05, 3.63) is 11.6 Å². The van der Waals surface area contributed by atoms with Crippen molar-refractivity contribution in [3.8, 4) is 0 Å². The van der Waals surface area contributed by atoms with Crippen LogP contribution in [0.4, 0.5) is 0 Å². The molecule has 0 saturated carbocycles. The van der Waals surface area contributed by atoms with Crippen molar-refractivity contribution in [2.45, 2.75) is 52.1 Å². The molecule has 0 aromatic rings. The molecule has 0 radical (unpaired) electrons. The molecule has 76 valence electrons. The normalized spacial score (nSPS) is 13.1. The Hall–Kier alpha value is -0.630. The van der Waals surface area contributed by atoms with E-state index in [0.717, 1.165) is 25.5 Å². The predicted molar refractivity (Wildman–Crippen MR) is 54.6 cm³/mol. The largest absolute Gasteiger partial charge is 0.390 e. The zero-order valence-electron chi connectivity index (χ0n) is 8.84. The predicted octanol–water partition coefficient (Wildman–Crippen LogP) is 2.46. The van der Waals surface area contributed by atoms with Gasteiger partial charge in [0.1, 0.15) is 6.29 Å². The fourth-order valence-corrected chi connectivity index (χ4v) is 1.06. The van der Waals surface area contributed by atoms with Crippen LogP contribution in [0.15, 0.2) is 11.6 Å². The summed E-state index contributed by atoms with van der Waals surface area (Å²) in [5.41, 5.74) is 0.651. The maximum atomic E-state index is 10.1. The van der Waals surface area contributed by atoms with Gasteiger partial charge in [-0.05, 0) is 40.0 Å². The molecule has 2 heteroatoms. The van der Waals surface area contributed by atoms with Crippen LogP contribution in [0.5, 0.6) is 0 Å². The standard InChI is InChI=1S/C11H20O2/c1-10(7-5-9-12)6-4-8-11(2,3)13/h6,9,13H,4-5,7-8H2,1-3H3. The molecule has 0 unspecified atom stereocenters. The molecule has 1 N–H and O–H groups in total. The maximum Gasteiger partial charge on any atom is 0.120 e. The Bertz CT molecular complexity index is 175. The van der Waals surface area contributed by atoms with Gasteiger partial charge in [0.25, 0.3) is 0 Å². The molecule has 0 heterocycles. The third-order valence-electron chi connectivity index (χ3n) is 1.91. The van der Waals surface area contributed by atoms with Gasteiger partial charge in [-0.25, -0.2) is 0 Å². The Morgan fingerprint density at radius 1 is 1.38 bits per heavy atom. The Labute approximate surface area is 80.7 Å². The molecule has 0 aliphatic carbocycles. The van der Waals surface area contributed by atoms with Crippen LogP contribution in [-0.4, -0.2) is 17.0 Å². The fourth-order valence-electron chi connectivity index (χ4n) is 1.06. The first-order chi connectivity index (χ1) is 5.95. The summed E-state index contributed by atoms with van der Waals surface area (Å²) in [5.74, 6) is 0. The zero-order valence-corrected chi connectivity index (χ0v) is 8.84. The average Bonchev–Trinajstić information content (AvgIpc) is 1.98. The summed E-state index contributed by atoms with van der Waals surface area (Å²) >= 11 is 0. The van der Waals surface area contributed by atoms with E-state index in [4.69, 9.17) is 0 Å². The van der Waals surface area contributed by atoms with Gasteiger partial charge in [-0.15, -0.1) is 0 Å². The first kappa shape index (κ1) is 12.4. The summed E-state index contributed by atoms with van der Waals surface area (Å²) in [6.45, 7) is 5.64. The van der Waals surface area contributed by atoms with E-state index in [0.29, 0.717) is 6.42 Å². The number of carbonyl (C=O) groups is 1. The lowest BCUT2D eigenvalue weighted by Gasteiger charge is -2.15. The highest BCUT2D eigenvalue weighted by Gasteiger charge is 2.09. The SMILES string of the molecule is CC(=CCCC(C)(C)O)CCC=O. The van der Waals surface area contributed by atoms with Gasteiger partial charge in [0.2, 0.25) is 0 Å².